The van der Waals surface area contributed by atoms with Gasteiger partial charge in [0.25, 0.3) is 0 Å². The molecule has 0 atom stereocenters. The monoisotopic (exact) mass is 218 g/mol. The fourth-order valence-corrected chi connectivity index (χ4v) is 0.897. The number of hydrogen-bond acceptors (Lipinski definition) is 3. The van der Waals surface area contributed by atoms with Crippen molar-refractivity contribution in [3.8, 4) is 0 Å². The fraction of sp³-hybridized carbons (Fsp3) is 0.909. The van der Waals surface area contributed by atoms with Crippen molar-refractivity contribution in [3.63, 3.8) is 0 Å². The molecule has 0 radical (unpaired) electrons. The maximum Gasteiger partial charge on any atom is 0.311 e. The lowest BCUT2D eigenvalue weighted by Crippen LogP contribution is -2.29. The summed E-state index contributed by atoms with van der Waals surface area (Å²) in [4.78, 5) is 20.5. The van der Waals surface area contributed by atoms with E-state index in [1.807, 2.05) is 0 Å². The van der Waals surface area contributed by atoms with Gasteiger partial charge in [0.05, 0.1) is 18.6 Å². The van der Waals surface area contributed by atoms with Gasteiger partial charge in [-0.2, -0.15) is 0 Å². The summed E-state index contributed by atoms with van der Waals surface area (Å²) in [5.41, 5.74) is -0.885. The van der Waals surface area contributed by atoms with Crippen molar-refractivity contribution in [2.24, 2.45) is 5.41 Å². The zero-order valence-corrected chi connectivity index (χ0v) is 9.91. The molecule has 0 rings (SSSR count). The first-order valence-electron chi connectivity index (χ1n) is 5.48. The smallest absolute Gasteiger partial charge is 0.311 e. The number of unbranched alkanes of at least 4 members (excludes halogenated alkanes) is 3. The molecule has 4 nitrogen and oxygen atoms in total. The zero-order valence-electron chi connectivity index (χ0n) is 9.91. The second kappa shape index (κ2) is 7.65. The van der Waals surface area contributed by atoms with Crippen LogP contribution in [-0.2, 0) is 14.6 Å². The molecule has 90 valence electrons. The van der Waals surface area contributed by atoms with Crippen molar-refractivity contribution < 1.29 is 19.7 Å². The van der Waals surface area contributed by atoms with Gasteiger partial charge in [0.1, 0.15) is 0 Å². The summed E-state index contributed by atoms with van der Waals surface area (Å²) in [5.74, 6) is -0.878. The topological polar surface area (TPSA) is 55.8 Å². The Kier molecular flexibility index (Phi) is 7.34. The largest absolute Gasteiger partial charge is 0.481 e. The molecule has 0 fully saturated rings. The van der Waals surface area contributed by atoms with Crippen LogP contribution in [0.15, 0.2) is 0 Å². The second-order valence-electron chi connectivity index (χ2n) is 4.33. The molecule has 0 aromatic rings. The third-order valence-corrected chi connectivity index (χ3v) is 2.16. The van der Waals surface area contributed by atoms with Crippen molar-refractivity contribution in [1.82, 2.24) is 0 Å². The summed E-state index contributed by atoms with van der Waals surface area (Å²) in [6.45, 7) is 5.98. The van der Waals surface area contributed by atoms with Crippen LogP contribution < -0.4 is 0 Å². The van der Waals surface area contributed by atoms with Gasteiger partial charge in [-0.05, 0) is 20.3 Å². The summed E-state index contributed by atoms with van der Waals surface area (Å²) >= 11 is 0. The van der Waals surface area contributed by atoms with E-state index in [4.69, 9.17) is 14.9 Å². The van der Waals surface area contributed by atoms with Crippen molar-refractivity contribution in [1.29, 1.82) is 0 Å². The van der Waals surface area contributed by atoms with E-state index in [0.717, 1.165) is 12.8 Å². The Bertz CT molecular complexity index is 177. The Labute approximate surface area is 91.5 Å². The molecule has 0 amide bonds. The summed E-state index contributed by atoms with van der Waals surface area (Å²) in [6.07, 6.45) is 4.47. The van der Waals surface area contributed by atoms with Gasteiger partial charge >= 0.3 is 5.97 Å². The Morgan fingerprint density at radius 3 is 2.40 bits per heavy atom. The molecular formula is C11H22O4. The fourth-order valence-electron chi connectivity index (χ4n) is 0.897. The minimum absolute atomic E-state index is 0.0795. The van der Waals surface area contributed by atoms with Crippen LogP contribution >= 0.6 is 0 Å². The van der Waals surface area contributed by atoms with E-state index in [1.165, 1.54) is 12.8 Å². The molecule has 15 heavy (non-hydrogen) atoms. The second-order valence-corrected chi connectivity index (χ2v) is 4.33. The number of hydrogen-bond donors (Lipinski definition) is 1. The quantitative estimate of drug-likeness (QED) is 0.367. The first-order chi connectivity index (χ1) is 7.00. The summed E-state index contributed by atoms with van der Waals surface area (Å²) in [6, 6.07) is 0. The molecule has 0 heterocycles. The predicted molar refractivity (Wildman–Crippen MR) is 57.5 cm³/mol. The normalized spacial score (nSPS) is 11.7. The number of carboxylic acids is 1. The van der Waals surface area contributed by atoms with Crippen molar-refractivity contribution in [3.05, 3.63) is 0 Å². The molecular weight excluding hydrogens is 196 g/mol. The molecule has 0 aromatic heterocycles. The third kappa shape index (κ3) is 7.33. The van der Waals surface area contributed by atoms with E-state index < -0.39 is 11.4 Å². The molecule has 4 heteroatoms. The Morgan fingerprint density at radius 2 is 1.87 bits per heavy atom. The Balaban J connectivity index is 3.35. The molecule has 1 N–H and O–H groups in total. The first kappa shape index (κ1) is 14.4. The van der Waals surface area contributed by atoms with E-state index in [9.17, 15) is 4.79 Å². The summed E-state index contributed by atoms with van der Waals surface area (Å²) in [7, 11) is 0. The average Bonchev–Trinajstić information content (AvgIpc) is 2.16. The molecule has 0 saturated carbocycles. The van der Waals surface area contributed by atoms with Crippen LogP contribution in [0, 0.1) is 5.41 Å². The van der Waals surface area contributed by atoms with Crippen molar-refractivity contribution in [2.75, 3.05) is 13.2 Å². The molecule has 0 aliphatic carbocycles. The van der Waals surface area contributed by atoms with Crippen LogP contribution in [0.2, 0.25) is 0 Å². The van der Waals surface area contributed by atoms with E-state index in [2.05, 4.69) is 6.92 Å². The van der Waals surface area contributed by atoms with Gasteiger partial charge in [0, 0.05) is 0 Å². The zero-order chi connectivity index (χ0) is 11.7. The van der Waals surface area contributed by atoms with Gasteiger partial charge in [-0.25, -0.2) is 9.78 Å². The lowest BCUT2D eigenvalue weighted by atomic mass is 9.96. The van der Waals surface area contributed by atoms with Crippen molar-refractivity contribution >= 4 is 5.97 Å². The molecule has 0 spiro atoms. The standard InChI is InChI=1S/C11H22O4/c1-4-5-6-7-8-14-15-9-11(2,3)10(12)13/h4-9H2,1-3H3,(H,12,13). The van der Waals surface area contributed by atoms with E-state index in [1.54, 1.807) is 13.8 Å². The minimum atomic E-state index is -0.885. The molecule has 0 unspecified atom stereocenters. The number of carboxylic acid groups (broad SMARTS) is 1. The van der Waals surface area contributed by atoms with Crippen LogP contribution in [0.25, 0.3) is 0 Å². The SMILES string of the molecule is CCCCCCOOCC(C)(C)C(=O)O. The molecule has 0 bridgehead atoms. The van der Waals surface area contributed by atoms with Gasteiger partial charge in [0.15, 0.2) is 0 Å². The van der Waals surface area contributed by atoms with Crippen LogP contribution in [0.4, 0.5) is 0 Å². The van der Waals surface area contributed by atoms with Gasteiger partial charge in [-0.15, -0.1) is 0 Å². The lowest BCUT2D eigenvalue weighted by Gasteiger charge is -2.17. The Morgan fingerprint density at radius 1 is 1.20 bits per heavy atom. The average molecular weight is 218 g/mol. The summed E-state index contributed by atoms with van der Waals surface area (Å²) < 4.78 is 0. The number of carbonyl (C=O) groups is 1. The Hall–Kier alpha value is -0.610. The predicted octanol–water partition coefficient (Wildman–Crippen LogP) is 2.63. The molecule has 0 aliphatic heterocycles. The van der Waals surface area contributed by atoms with Crippen LogP contribution in [0.5, 0.6) is 0 Å². The van der Waals surface area contributed by atoms with Crippen LogP contribution in [0.1, 0.15) is 46.5 Å². The lowest BCUT2D eigenvalue weighted by molar-refractivity contribution is -0.307. The molecule has 0 saturated heterocycles. The number of rotatable bonds is 9. The maximum atomic E-state index is 10.7. The highest BCUT2D eigenvalue weighted by molar-refractivity contribution is 5.73. The van der Waals surface area contributed by atoms with Gasteiger partial charge in [-0.1, -0.05) is 26.2 Å². The minimum Gasteiger partial charge on any atom is -0.481 e. The van der Waals surface area contributed by atoms with Crippen molar-refractivity contribution in [2.45, 2.75) is 46.5 Å². The molecule has 0 aromatic carbocycles. The highest BCUT2D eigenvalue weighted by atomic mass is 17.2. The van der Waals surface area contributed by atoms with Gasteiger partial charge in [-0.3, -0.25) is 4.79 Å². The maximum absolute atomic E-state index is 10.7. The first-order valence-corrected chi connectivity index (χ1v) is 5.48. The highest BCUT2D eigenvalue weighted by Gasteiger charge is 2.27. The molecule has 0 aliphatic rings. The summed E-state index contributed by atoms with van der Waals surface area (Å²) in [5, 5.41) is 8.78. The van der Waals surface area contributed by atoms with Crippen LogP contribution in [-0.4, -0.2) is 24.3 Å². The van der Waals surface area contributed by atoms with Gasteiger partial charge < -0.3 is 5.11 Å². The third-order valence-electron chi connectivity index (χ3n) is 2.16. The highest BCUT2D eigenvalue weighted by Crippen LogP contribution is 2.15. The number of aliphatic carboxylic acids is 1. The van der Waals surface area contributed by atoms with E-state index in [-0.39, 0.29) is 6.61 Å². The van der Waals surface area contributed by atoms with Crippen LogP contribution in [0.3, 0.4) is 0 Å². The van der Waals surface area contributed by atoms with E-state index >= 15 is 0 Å². The van der Waals surface area contributed by atoms with Gasteiger partial charge in [0.2, 0.25) is 0 Å². The van der Waals surface area contributed by atoms with E-state index in [0.29, 0.717) is 6.61 Å².